The molecule has 0 radical (unpaired) electrons. The lowest BCUT2D eigenvalue weighted by Crippen LogP contribution is -2.03. The summed E-state index contributed by atoms with van der Waals surface area (Å²) in [6.07, 6.45) is 4.87. The highest BCUT2D eigenvalue weighted by Crippen LogP contribution is 2.33. The fraction of sp³-hybridized carbons (Fsp3) is 0.333. The maximum absolute atomic E-state index is 10.6. The third-order valence-corrected chi connectivity index (χ3v) is 3.11. The van der Waals surface area contributed by atoms with Crippen LogP contribution in [0.4, 0.5) is 5.69 Å². The minimum Gasteiger partial charge on any atom is -0.389 e. The topological polar surface area (TPSA) is 63.4 Å². The minimum absolute atomic E-state index is 0.00467. The van der Waals surface area contributed by atoms with Gasteiger partial charge in [0.05, 0.1) is 11.0 Å². The van der Waals surface area contributed by atoms with E-state index in [0.717, 1.165) is 12.8 Å². The van der Waals surface area contributed by atoms with E-state index < -0.39 is 11.0 Å². The van der Waals surface area contributed by atoms with Gasteiger partial charge in [0.25, 0.3) is 5.69 Å². The fourth-order valence-corrected chi connectivity index (χ4v) is 1.75. The van der Waals surface area contributed by atoms with Crippen molar-refractivity contribution in [2.75, 3.05) is 0 Å². The normalized spacial score (nSPS) is 17.3. The molecule has 1 aliphatic carbocycles. The van der Waals surface area contributed by atoms with Crippen molar-refractivity contribution in [3.8, 4) is 0 Å². The van der Waals surface area contributed by atoms with E-state index in [1.165, 1.54) is 18.2 Å². The number of hydrogen-bond acceptors (Lipinski definition) is 3. The second kappa shape index (κ2) is 4.85. The monoisotopic (exact) mass is 253 g/mol. The molecular weight excluding hydrogens is 242 g/mol. The number of hydrogen-bond donors (Lipinski definition) is 1. The highest BCUT2D eigenvalue weighted by Gasteiger charge is 2.27. The molecule has 17 heavy (non-hydrogen) atoms. The maximum Gasteiger partial charge on any atom is 0.270 e. The summed E-state index contributed by atoms with van der Waals surface area (Å²) in [5.74, 6) is 0.337. The fourth-order valence-electron chi connectivity index (χ4n) is 1.57. The Labute approximate surface area is 104 Å². The molecule has 1 atom stereocenters. The maximum atomic E-state index is 10.6. The van der Waals surface area contributed by atoms with Crippen LogP contribution in [0.15, 0.2) is 24.3 Å². The molecule has 0 amide bonds. The number of benzene rings is 1. The van der Waals surface area contributed by atoms with Gasteiger partial charge in [0.1, 0.15) is 0 Å². The van der Waals surface area contributed by atoms with Crippen molar-refractivity contribution in [1.29, 1.82) is 0 Å². The molecular formula is C12H12ClNO3. The van der Waals surface area contributed by atoms with E-state index in [0.29, 0.717) is 16.5 Å². The summed E-state index contributed by atoms with van der Waals surface area (Å²) in [4.78, 5) is 10.1. The van der Waals surface area contributed by atoms with Crippen LogP contribution in [-0.2, 0) is 0 Å². The van der Waals surface area contributed by atoms with E-state index >= 15 is 0 Å². The zero-order valence-corrected chi connectivity index (χ0v) is 9.80. The molecule has 0 spiro atoms. The van der Waals surface area contributed by atoms with Crippen LogP contribution in [0.5, 0.6) is 0 Å². The molecule has 0 aliphatic heterocycles. The number of rotatable bonds is 4. The minimum atomic E-state index is -0.481. The molecule has 5 heteroatoms. The number of aliphatic hydroxyl groups is 1. The van der Waals surface area contributed by atoms with Crippen molar-refractivity contribution in [1.82, 2.24) is 0 Å². The van der Waals surface area contributed by atoms with Crippen LogP contribution in [0.1, 0.15) is 18.4 Å². The Morgan fingerprint density at radius 2 is 2.24 bits per heavy atom. The van der Waals surface area contributed by atoms with E-state index in [2.05, 4.69) is 0 Å². The number of non-ortho nitro benzene ring substituents is 1. The zero-order valence-electron chi connectivity index (χ0n) is 9.04. The molecule has 1 fully saturated rings. The quantitative estimate of drug-likeness (QED) is 0.663. The van der Waals surface area contributed by atoms with E-state index in [1.807, 2.05) is 0 Å². The predicted molar refractivity (Wildman–Crippen MR) is 65.9 cm³/mol. The van der Waals surface area contributed by atoms with Crippen LogP contribution in [0.3, 0.4) is 0 Å². The lowest BCUT2D eigenvalue weighted by Gasteiger charge is -2.02. The number of nitro groups is 1. The molecule has 0 aromatic heterocycles. The van der Waals surface area contributed by atoms with Gasteiger partial charge in [-0.05, 0) is 30.4 Å². The average Bonchev–Trinajstić information content (AvgIpc) is 3.11. The van der Waals surface area contributed by atoms with Gasteiger partial charge in [0.15, 0.2) is 0 Å². The average molecular weight is 254 g/mol. The van der Waals surface area contributed by atoms with Crippen molar-refractivity contribution in [2.24, 2.45) is 5.92 Å². The Hall–Kier alpha value is -1.39. The van der Waals surface area contributed by atoms with Crippen molar-refractivity contribution < 1.29 is 10.0 Å². The van der Waals surface area contributed by atoms with Gasteiger partial charge in [-0.3, -0.25) is 10.1 Å². The first-order chi connectivity index (χ1) is 8.08. The second-order valence-corrected chi connectivity index (χ2v) is 4.56. The van der Waals surface area contributed by atoms with Gasteiger partial charge in [-0.25, -0.2) is 0 Å². The van der Waals surface area contributed by atoms with Crippen molar-refractivity contribution in [3.05, 3.63) is 45.0 Å². The van der Waals surface area contributed by atoms with Crippen molar-refractivity contribution in [2.45, 2.75) is 18.9 Å². The summed E-state index contributed by atoms with van der Waals surface area (Å²) in [5.41, 5.74) is 0.551. The van der Waals surface area contributed by atoms with E-state index in [-0.39, 0.29) is 5.69 Å². The largest absolute Gasteiger partial charge is 0.389 e. The predicted octanol–water partition coefficient (Wildman–Crippen LogP) is 3.03. The molecule has 1 aromatic carbocycles. The van der Waals surface area contributed by atoms with Crippen LogP contribution < -0.4 is 0 Å². The molecule has 90 valence electrons. The highest BCUT2D eigenvalue weighted by molar-refractivity contribution is 6.32. The summed E-state index contributed by atoms with van der Waals surface area (Å²) in [6.45, 7) is 0. The molecule has 1 aliphatic rings. The summed E-state index contributed by atoms with van der Waals surface area (Å²) in [7, 11) is 0. The third kappa shape index (κ3) is 3.05. The highest BCUT2D eigenvalue weighted by atomic mass is 35.5. The SMILES string of the molecule is O=[N+]([O-])c1ccc(Cl)c(/C=C/C(O)C2CC2)c1. The van der Waals surface area contributed by atoms with E-state index in [9.17, 15) is 15.2 Å². The third-order valence-electron chi connectivity index (χ3n) is 2.77. The van der Waals surface area contributed by atoms with Gasteiger partial charge in [-0.2, -0.15) is 0 Å². The zero-order chi connectivity index (χ0) is 12.4. The van der Waals surface area contributed by atoms with E-state index in [1.54, 1.807) is 12.2 Å². The van der Waals surface area contributed by atoms with Gasteiger partial charge >= 0.3 is 0 Å². The Bertz CT molecular complexity index is 469. The molecule has 0 saturated heterocycles. The van der Waals surface area contributed by atoms with Crippen LogP contribution in [0.25, 0.3) is 6.08 Å². The first-order valence-corrected chi connectivity index (χ1v) is 5.76. The van der Waals surface area contributed by atoms with Crippen molar-refractivity contribution in [3.63, 3.8) is 0 Å². The van der Waals surface area contributed by atoms with Gasteiger partial charge in [0, 0.05) is 17.2 Å². The van der Waals surface area contributed by atoms with Gasteiger partial charge in [-0.15, -0.1) is 0 Å². The van der Waals surface area contributed by atoms with Gasteiger partial charge in [-0.1, -0.05) is 23.8 Å². The van der Waals surface area contributed by atoms with Crippen LogP contribution in [0.2, 0.25) is 5.02 Å². The molecule has 1 unspecified atom stereocenters. The van der Waals surface area contributed by atoms with Gasteiger partial charge < -0.3 is 5.11 Å². The second-order valence-electron chi connectivity index (χ2n) is 4.15. The number of aliphatic hydroxyl groups excluding tert-OH is 1. The van der Waals surface area contributed by atoms with Crippen molar-refractivity contribution >= 4 is 23.4 Å². The Morgan fingerprint density at radius 1 is 1.53 bits per heavy atom. The lowest BCUT2D eigenvalue weighted by molar-refractivity contribution is -0.384. The summed E-state index contributed by atoms with van der Waals surface area (Å²) >= 11 is 5.92. The molecule has 0 heterocycles. The number of halogens is 1. The molecule has 2 rings (SSSR count). The van der Waals surface area contributed by atoms with Crippen LogP contribution >= 0.6 is 11.6 Å². The Morgan fingerprint density at radius 3 is 2.82 bits per heavy atom. The van der Waals surface area contributed by atoms with E-state index in [4.69, 9.17) is 11.6 Å². The Kier molecular flexibility index (Phi) is 3.45. The number of nitro benzene ring substituents is 1. The Balaban J connectivity index is 2.18. The molecule has 1 aromatic rings. The summed E-state index contributed by atoms with van der Waals surface area (Å²) < 4.78 is 0. The first-order valence-electron chi connectivity index (χ1n) is 5.38. The first kappa shape index (κ1) is 12.1. The smallest absolute Gasteiger partial charge is 0.270 e. The molecule has 4 nitrogen and oxygen atoms in total. The lowest BCUT2D eigenvalue weighted by atomic mass is 10.1. The summed E-state index contributed by atoms with van der Waals surface area (Å²) in [5, 5.41) is 20.7. The molecule has 1 N–H and O–H groups in total. The standard InChI is InChI=1S/C12H12ClNO3/c13-11-5-4-10(14(16)17)7-9(11)3-6-12(15)8-1-2-8/h3-8,12,15H,1-2H2/b6-3+. The summed E-state index contributed by atoms with van der Waals surface area (Å²) in [6, 6.07) is 4.25. The molecule has 1 saturated carbocycles. The number of nitrogens with zero attached hydrogens (tertiary/aromatic N) is 1. The van der Waals surface area contributed by atoms with Crippen LogP contribution in [0, 0.1) is 16.0 Å². The van der Waals surface area contributed by atoms with Crippen LogP contribution in [-0.4, -0.2) is 16.1 Å². The molecule has 0 bridgehead atoms. The van der Waals surface area contributed by atoms with Gasteiger partial charge in [0.2, 0.25) is 0 Å².